The molecule has 3 rings (SSSR count). The summed E-state index contributed by atoms with van der Waals surface area (Å²) in [6, 6.07) is 3.47. The van der Waals surface area contributed by atoms with Crippen LogP contribution in [-0.2, 0) is 17.7 Å². The van der Waals surface area contributed by atoms with Crippen LogP contribution in [0.25, 0.3) is 0 Å². The topological polar surface area (TPSA) is 63.2 Å². The molecule has 2 N–H and O–H groups in total. The number of anilines is 1. The van der Waals surface area contributed by atoms with Gasteiger partial charge in [0.25, 0.3) is 5.91 Å². The van der Waals surface area contributed by atoms with E-state index in [-0.39, 0.29) is 48.3 Å². The molecule has 0 spiro atoms. The molecule has 1 aliphatic heterocycles. The molecule has 1 aliphatic rings. The molecule has 1 atom stereocenters. The fourth-order valence-corrected chi connectivity index (χ4v) is 3.53. The fraction of sp³-hybridized carbons (Fsp3) is 0.412. The van der Waals surface area contributed by atoms with Gasteiger partial charge in [-0.3, -0.25) is 4.79 Å². The van der Waals surface area contributed by atoms with E-state index in [1.54, 1.807) is 6.07 Å². The number of carbonyl (C=O) groups excluding carboxylic acids is 1. The summed E-state index contributed by atoms with van der Waals surface area (Å²) in [6.45, 7) is 5.79. The van der Waals surface area contributed by atoms with Crippen LogP contribution in [-0.4, -0.2) is 24.0 Å². The van der Waals surface area contributed by atoms with Crippen LogP contribution in [0.4, 0.5) is 10.1 Å². The number of ether oxygens (including phenoxy) is 1. The number of hydrogen-bond donors (Lipinski definition) is 2. The van der Waals surface area contributed by atoms with Crippen molar-refractivity contribution in [2.45, 2.75) is 32.9 Å². The molecule has 1 aromatic carbocycles. The number of benzene rings is 1. The summed E-state index contributed by atoms with van der Waals surface area (Å²) in [5.74, 6) is -0.690. The summed E-state index contributed by atoms with van der Waals surface area (Å²) in [6.07, 6.45) is 1.97. The van der Waals surface area contributed by atoms with Crippen molar-refractivity contribution in [3.63, 3.8) is 0 Å². The second-order valence-electron chi connectivity index (χ2n) is 5.61. The van der Waals surface area contributed by atoms with Gasteiger partial charge in [0.1, 0.15) is 21.8 Å². The van der Waals surface area contributed by atoms with E-state index >= 15 is 0 Å². The average molecular weight is 422 g/mol. The van der Waals surface area contributed by atoms with Crippen LogP contribution in [0.15, 0.2) is 18.3 Å². The van der Waals surface area contributed by atoms with Gasteiger partial charge in [0.05, 0.1) is 11.9 Å². The molecule has 2 aromatic rings. The Morgan fingerprint density at radius 1 is 1.46 bits per heavy atom. The molecule has 0 saturated carbocycles. The van der Waals surface area contributed by atoms with Crippen LogP contribution in [0.5, 0.6) is 0 Å². The molecule has 1 amide bonds. The van der Waals surface area contributed by atoms with Crippen molar-refractivity contribution in [1.29, 1.82) is 0 Å². The van der Waals surface area contributed by atoms with Crippen molar-refractivity contribution in [1.82, 2.24) is 10.3 Å². The molecule has 0 bridgehead atoms. The lowest BCUT2D eigenvalue weighted by atomic mass is 9.99. The molecule has 26 heavy (non-hydrogen) atoms. The lowest BCUT2D eigenvalue weighted by Crippen LogP contribution is -2.25. The molecule has 1 unspecified atom stereocenters. The van der Waals surface area contributed by atoms with Gasteiger partial charge in [-0.05, 0) is 44.0 Å². The number of rotatable bonds is 5. The molecular formula is C17H22Cl2FN3O2S. The monoisotopic (exact) mass is 421 g/mol. The molecule has 0 saturated heterocycles. The lowest BCUT2D eigenvalue weighted by molar-refractivity contribution is 0.0762. The maximum absolute atomic E-state index is 14.6. The van der Waals surface area contributed by atoms with Crippen LogP contribution in [0.3, 0.4) is 0 Å². The predicted octanol–water partition coefficient (Wildman–Crippen LogP) is 4.12. The highest BCUT2D eigenvalue weighted by molar-refractivity contribution is 7.13. The minimum absolute atomic E-state index is 0. The Balaban J connectivity index is 0.00000169. The van der Waals surface area contributed by atoms with Gasteiger partial charge >= 0.3 is 0 Å². The van der Waals surface area contributed by atoms with Crippen molar-refractivity contribution in [3.8, 4) is 0 Å². The molecule has 0 aliphatic carbocycles. The molecular weight excluding hydrogens is 400 g/mol. The number of thiazole rings is 1. The van der Waals surface area contributed by atoms with Crippen LogP contribution < -0.4 is 10.6 Å². The average Bonchev–Trinajstić information content (AvgIpc) is 3.08. The number of nitrogens with one attached hydrogen (secondary N) is 2. The molecule has 144 valence electrons. The summed E-state index contributed by atoms with van der Waals surface area (Å²) in [5.41, 5.74) is 1.84. The van der Waals surface area contributed by atoms with E-state index in [9.17, 15) is 9.18 Å². The van der Waals surface area contributed by atoms with E-state index in [1.807, 2.05) is 19.9 Å². The third-order valence-corrected chi connectivity index (χ3v) is 5.12. The number of aromatic nitrogens is 1. The van der Waals surface area contributed by atoms with Gasteiger partial charge in [0.15, 0.2) is 0 Å². The second-order valence-corrected chi connectivity index (χ2v) is 6.67. The Morgan fingerprint density at radius 3 is 2.96 bits per heavy atom. The molecule has 1 aromatic heterocycles. The number of nitrogens with zero attached hydrogens (tertiary/aromatic N) is 1. The summed E-state index contributed by atoms with van der Waals surface area (Å²) in [4.78, 5) is 17.0. The fourth-order valence-electron chi connectivity index (χ4n) is 2.72. The number of halogens is 3. The summed E-state index contributed by atoms with van der Waals surface area (Å²) < 4.78 is 20.1. The third kappa shape index (κ3) is 4.92. The maximum Gasteiger partial charge on any atom is 0.267 e. The standard InChI is InChI=1S/C17H20FN3O2S.2ClH/c1-3-23-10(2)17-20-9-14(24-17)16(22)21-13-5-4-11-8-19-7-6-12(11)15(13)18;;/h4-5,9-10,19H,3,6-8H2,1-2H3,(H,21,22);2*1H. The summed E-state index contributed by atoms with van der Waals surface area (Å²) >= 11 is 1.26. The van der Waals surface area contributed by atoms with Gasteiger partial charge in [-0.2, -0.15) is 0 Å². The van der Waals surface area contributed by atoms with Crippen molar-refractivity contribution < 1.29 is 13.9 Å². The largest absolute Gasteiger partial charge is 0.372 e. The summed E-state index contributed by atoms with van der Waals surface area (Å²) in [5, 5.41) is 6.60. The van der Waals surface area contributed by atoms with Crippen molar-refractivity contribution >= 4 is 47.7 Å². The normalized spacial score (nSPS) is 13.8. The number of fused-ring (bicyclic) bond motifs is 1. The van der Waals surface area contributed by atoms with Crippen molar-refractivity contribution in [2.75, 3.05) is 18.5 Å². The maximum atomic E-state index is 14.6. The minimum atomic E-state index is -0.352. The van der Waals surface area contributed by atoms with Crippen LogP contribution in [0.1, 0.15) is 45.8 Å². The highest BCUT2D eigenvalue weighted by Gasteiger charge is 2.19. The number of carbonyl (C=O) groups is 1. The zero-order chi connectivity index (χ0) is 17.1. The minimum Gasteiger partial charge on any atom is -0.372 e. The highest BCUT2D eigenvalue weighted by atomic mass is 35.5. The van der Waals surface area contributed by atoms with Crippen molar-refractivity contribution in [3.05, 3.63) is 45.2 Å². The molecule has 2 heterocycles. The quantitative estimate of drug-likeness (QED) is 0.761. The Bertz CT molecular complexity index is 758. The van der Waals surface area contributed by atoms with E-state index in [2.05, 4.69) is 15.6 Å². The smallest absolute Gasteiger partial charge is 0.267 e. The Labute approximate surface area is 168 Å². The van der Waals surface area contributed by atoms with Gasteiger partial charge < -0.3 is 15.4 Å². The molecule has 0 radical (unpaired) electrons. The van der Waals surface area contributed by atoms with E-state index in [1.165, 1.54) is 17.5 Å². The third-order valence-electron chi connectivity index (χ3n) is 3.97. The van der Waals surface area contributed by atoms with Gasteiger partial charge in [0.2, 0.25) is 0 Å². The zero-order valence-electron chi connectivity index (χ0n) is 14.5. The second kappa shape index (κ2) is 10.2. The van der Waals surface area contributed by atoms with Crippen LogP contribution in [0, 0.1) is 5.82 Å². The lowest BCUT2D eigenvalue weighted by Gasteiger charge is -2.19. The highest BCUT2D eigenvalue weighted by Crippen LogP contribution is 2.27. The molecule has 0 fully saturated rings. The Morgan fingerprint density at radius 2 is 2.23 bits per heavy atom. The van der Waals surface area contributed by atoms with Gasteiger partial charge in [-0.1, -0.05) is 6.07 Å². The van der Waals surface area contributed by atoms with E-state index in [0.717, 1.165) is 17.1 Å². The molecule has 5 nitrogen and oxygen atoms in total. The first kappa shape index (κ1) is 22.8. The van der Waals surface area contributed by atoms with E-state index in [4.69, 9.17) is 4.74 Å². The Kier molecular flexibility index (Phi) is 8.92. The zero-order valence-corrected chi connectivity index (χ0v) is 17.0. The Hall–Kier alpha value is -1.25. The number of amides is 1. The predicted molar refractivity (Wildman–Crippen MR) is 106 cm³/mol. The molecule has 9 heteroatoms. The first-order chi connectivity index (χ1) is 11.6. The van der Waals surface area contributed by atoms with Gasteiger partial charge in [0, 0.05) is 13.2 Å². The van der Waals surface area contributed by atoms with Crippen LogP contribution in [0.2, 0.25) is 0 Å². The summed E-state index contributed by atoms with van der Waals surface area (Å²) in [7, 11) is 0. The number of hydrogen-bond acceptors (Lipinski definition) is 5. The van der Waals surface area contributed by atoms with Gasteiger partial charge in [-0.15, -0.1) is 36.2 Å². The van der Waals surface area contributed by atoms with E-state index in [0.29, 0.717) is 30.0 Å². The van der Waals surface area contributed by atoms with Gasteiger partial charge in [-0.25, -0.2) is 9.37 Å². The SMILES string of the molecule is CCOC(C)c1ncc(C(=O)Nc2ccc3c(c2F)CCNC3)s1.Cl.Cl. The van der Waals surface area contributed by atoms with Crippen molar-refractivity contribution in [2.24, 2.45) is 0 Å². The first-order valence-electron chi connectivity index (χ1n) is 7.99. The van der Waals surface area contributed by atoms with E-state index < -0.39 is 0 Å². The van der Waals surface area contributed by atoms with Crippen LogP contribution >= 0.6 is 36.2 Å². The first-order valence-corrected chi connectivity index (χ1v) is 8.81.